The summed E-state index contributed by atoms with van der Waals surface area (Å²) in [6.45, 7) is 10.8. The molecule has 14 heteroatoms. The van der Waals surface area contributed by atoms with Crippen molar-refractivity contribution < 1.29 is 67.1 Å². The fourth-order valence-electron chi connectivity index (χ4n) is 4.93. The molecule has 0 aliphatic rings. The molecule has 0 saturated heterocycles. The van der Waals surface area contributed by atoms with E-state index < -0.39 is 0 Å². The van der Waals surface area contributed by atoms with Crippen molar-refractivity contribution in [2.45, 2.75) is 12.8 Å². The van der Waals surface area contributed by atoms with Crippen molar-refractivity contribution in [3.8, 4) is 11.8 Å². The van der Waals surface area contributed by atoms with Crippen LogP contribution in [0.1, 0.15) is 11.1 Å². The third-order valence-corrected chi connectivity index (χ3v) is 7.79. The van der Waals surface area contributed by atoms with Crippen LogP contribution in [-0.2, 0) is 69.7 Å². The topological polar surface area (TPSA) is 151 Å². The molecule has 0 aromatic heterocycles. The number of hydrogen-bond acceptors (Lipinski definition) is 14. The maximum atomic E-state index is 8.67. The molecule has 0 fully saturated rings. The van der Waals surface area contributed by atoms with Gasteiger partial charge >= 0.3 is 0 Å². The van der Waals surface area contributed by atoms with Crippen LogP contribution in [0.3, 0.4) is 0 Å². The molecule has 2 aromatic carbocycles. The Hall–Kier alpha value is -2.82. The highest BCUT2D eigenvalue weighted by molar-refractivity contribution is 5.40. The highest BCUT2D eigenvalue weighted by Crippen LogP contribution is 2.17. The molecule has 0 saturated carbocycles. The van der Waals surface area contributed by atoms with Gasteiger partial charge in [0.25, 0.3) is 0 Å². The fraction of sp³-hybridized carbons (Fsp3) is 0.636. The van der Waals surface area contributed by atoms with Gasteiger partial charge in [-0.1, -0.05) is 72.5 Å². The quantitative estimate of drug-likeness (QED) is 0.0748. The summed E-state index contributed by atoms with van der Waals surface area (Å²) in [7, 11) is 0. The van der Waals surface area contributed by atoms with Gasteiger partial charge in [0.1, 0.15) is 6.61 Å². The largest absolute Gasteiger partial charge is 0.394 e. The minimum absolute atomic E-state index is 0.0150. The Kier molecular flexibility index (Phi) is 36.2. The first kappa shape index (κ1) is 51.3. The van der Waals surface area contributed by atoms with Gasteiger partial charge in [0.05, 0.1) is 165 Å². The Balaban J connectivity index is 1.66. The summed E-state index contributed by atoms with van der Waals surface area (Å²) in [5.74, 6) is 6.62. The minimum atomic E-state index is 0.0150. The van der Waals surface area contributed by atoms with E-state index in [9.17, 15) is 0 Å². The van der Waals surface area contributed by atoms with Crippen LogP contribution in [0.5, 0.6) is 0 Å². The normalized spacial score (nSPS) is 11.8. The first-order valence-electron chi connectivity index (χ1n) is 20.3. The summed E-state index contributed by atoms with van der Waals surface area (Å²) in [5.41, 5.74) is 4.50. The predicted molar refractivity (Wildman–Crippen MR) is 219 cm³/mol. The second-order valence-electron chi connectivity index (χ2n) is 12.4. The van der Waals surface area contributed by atoms with Crippen LogP contribution < -0.4 is 0 Å². The molecule has 0 radical (unpaired) electrons. The molecular formula is C44H68O14. The molecule has 2 aromatic rings. The summed E-state index contributed by atoms with van der Waals surface area (Å²) < 4.78 is 66.3. The number of hydrogen-bond donors (Lipinski definition) is 2. The van der Waals surface area contributed by atoms with Gasteiger partial charge < -0.3 is 67.1 Å². The second-order valence-corrected chi connectivity index (χ2v) is 12.4. The Morgan fingerprint density at radius 1 is 0.362 bits per heavy atom. The van der Waals surface area contributed by atoms with E-state index in [4.69, 9.17) is 67.1 Å². The third-order valence-electron chi connectivity index (χ3n) is 7.79. The maximum absolute atomic E-state index is 8.67. The molecule has 0 heterocycles. The van der Waals surface area contributed by atoms with Crippen LogP contribution in [0.15, 0.2) is 71.8 Å². The standard InChI is InChI=1S/C44H68O14/c45-13-16-48-19-22-51-25-28-54-31-30-53-27-24-50-21-18-47-15-7-12-43(38-41-8-3-1-4-9-41)44(39-42-10-5-2-6-11-42)40-58-37-36-57-35-34-56-33-32-55-29-26-52-23-20-49-17-14-46/h1-6,8-11,45-46H,13-40H2/b44-43-. The number of aliphatic hydroxyl groups excluding tert-OH is 2. The summed E-state index contributed by atoms with van der Waals surface area (Å²) >= 11 is 0. The number of aliphatic hydroxyl groups is 2. The molecule has 2 N–H and O–H groups in total. The van der Waals surface area contributed by atoms with Crippen LogP contribution >= 0.6 is 0 Å². The highest BCUT2D eigenvalue weighted by Gasteiger charge is 2.09. The van der Waals surface area contributed by atoms with Gasteiger partial charge in [-0.25, -0.2) is 0 Å². The average Bonchev–Trinajstić information content (AvgIpc) is 3.25. The zero-order valence-corrected chi connectivity index (χ0v) is 34.4. The molecule has 0 bridgehead atoms. The first-order valence-corrected chi connectivity index (χ1v) is 20.3. The van der Waals surface area contributed by atoms with Gasteiger partial charge in [0, 0.05) is 12.0 Å². The lowest BCUT2D eigenvalue weighted by molar-refractivity contribution is -0.0174. The molecule has 0 aliphatic heterocycles. The van der Waals surface area contributed by atoms with Crippen LogP contribution in [-0.4, -0.2) is 182 Å². The van der Waals surface area contributed by atoms with Gasteiger partial charge in [-0.15, -0.1) is 0 Å². The Morgan fingerprint density at radius 2 is 0.672 bits per heavy atom. The zero-order valence-electron chi connectivity index (χ0n) is 34.4. The monoisotopic (exact) mass is 820 g/mol. The van der Waals surface area contributed by atoms with Crippen molar-refractivity contribution in [3.63, 3.8) is 0 Å². The minimum Gasteiger partial charge on any atom is -0.394 e. The molecule has 328 valence electrons. The van der Waals surface area contributed by atoms with Crippen LogP contribution in [0.2, 0.25) is 0 Å². The van der Waals surface area contributed by atoms with Crippen molar-refractivity contribution in [1.82, 2.24) is 0 Å². The van der Waals surface area contributed by atoms with E-state index in [0.29, 0.717) is 158 Å². The molecule has 0 unspecified atom stereocenters. The van der Waals surface area contributed by atoms with Crippen LogP contribution in [0.4, 0.5) is 0 Å². The average molecular weight is 821 g/mol. The lowest BCUT2D eigenvalue weighted by Gasteiger charge is -2.14. The van der Waals surface area contributed by atoms with E-state index in [0.717, 1.165) is 17.6 Å². The highest BCUT2D eigenvalue weighted by atomic mass is 16.6. The van der Waals surface area contributed by atoms with Gasteiger partial charge in [-0.2, -0.15) is 0 Å². The van der Waals surface area contributed by atoms with Crippen molar-refractivity contribution >= 4 is 0 Å². The molecule has 0 amide bonds. The molecule has 0 atom stereocenters. The zero-order chi connectivity index (χ0) is 41.1. The molecular weight excluding hydrogens is 752 g/mol. The van der Waals surface area contributed by atoms with E-state index in [1.165, 1.54) is 11.1 Å². The number of rotatable bonds is 41. The molecule has 0 spiro atoms. The Bertz CT molecular complexity index is 1260. The van der Waals surface area contributed by atoms with E-state index >= 15 is 0 Å². The van der Waals surface area contributed by atoms with Crippen molar-refractivity contribution in [2.75, 3.05) is 172 Å². The number of benzene rings is 2. The Labute approximate surface area is 345 Å². The van der Waals surface area contributed by atoms with Crippen LogP contribution in [0, 0.1) is 11.8 Å². The van der Waals surface area contributed by atoms with Gasteiger partial charge in [-0.05, 0) is 23.1 Å². The summed E-state index contributed by atoms with van der Waals surface area (Å²) in [6, 6.07) is 20.7. The summed E-state index contributed by atoms with van der Waals surface area (Å²) in [6.07, 6.45) is 1.41. The fourth-order valence-corrected chi connectivity index (χ4v) is 4.93. The lowest BCUT2D eigenvalue weighted by atomic mass is 9.96. The smallest absolute Gasteiger partial charge is 0.108 e. The van der Waals surface area contributed by atoms with Crippen molar-refractivity contribution in [1.29, 1.82) is 0 Å². The Morgan fingerprint density at radius 3 is 1.03 bits per heavy atom. The third kappa shape index (κ3) is 32.1. The first-order chi connectivity index (χ1) is 28.8. The van der Waals surface area contributed by atoms with Gasteiger partial charge in [-0.3, -0.25) is 0 Å². The predicted octanol–water partition coefficient (Wildman–Crippen LogP) is 2.96. The number of allylic oxidation sites excluding steroid dienone is 1. The summed E-state index contributed by atoms with van der Waals surface area (Å²) in [5, 5.41) is 17.3. The van der Waals surface area contributed by atoms with Gasteiger partial charge in [0.2, 0.25) is 0 Å². The van der Waals surface area contributed by atoms with Crippen LogP contribution in [0.25, 0.3) is 0 Å². The number of ether oxygens (including phenoxy) is 12. The van der Waals surface area contributed by atoms with Crippen molar-refractivity contribution in [3.05, 3.63) is 82.9 Å². The molecule has 58 heavy (non-hydrogen) atoms. The molecule has 2 rings (SSSR count). The maximum Gasteiger partial charge on any atom is 0.108 e. The van der Waals surface area contributed by atoms with E-state index in [1.54, 1.807) is 0 Å². The van der Waals surface area contributed by atoms with E-state index in [2.05, 4.69) is 36.1 Å². The lowest BCUT2D eigenvalue weighted by Crippen LogP contribution is -2.14. The molecule has 14 nitrogen and oxygen atoms in total. The summed E-state index contributed by atoms with van der Waals surface area (Å²) in [4.78, 5) is 0. The van der Waals surface area contributed by atoms with E-state index in [1.807, 2.05) is 36.4 Å². The SMILES string of the molecule is OCCOCCOCCOCCOCCOCCOCC#C/C(Cc1ccccc1)=C(/COCCOCCOCCOCCOCCOCCO)Cc1ccccc1. The van der Waals surface area contributed by atoms with Gasteiger partial charge in [0.15, 0.2) is 0 Å². The second kappa shape index (κ2) is 40.9. The van der Waals surface area contributed by atoms with E-state index in [-0.39, 0.29) is 19.8 Å². The molecule has 0 aliphatic carbocycles. The van der Waals surface area contributed by atoms with Crippen molar-refractivity contribution in [2.24, 2.45) is 0 Å².